The molecule has 1 aromatic carbocycles. The molecule has 1 aliphatic heterocycles. The maximum absolute atomic E-state index is 13.1. The van der Waals surface area contributed by atoms with Gasteiger partial charge >= 0.3 is 10.4 Å². The molecule has 52 heavy (non-hydrogen) atoms. The van der Waals surface area contributed by atoms with Crippen molar-refractivity contribution in [3.05, 3.63) is 35.9 Å². The lowest BCUT2D eigenvalue weighted by Gasteiger charge is -2.51. The van der Waals surface area contributed by atoms with Gasteiger partial charge in [0.1, 0.15) is 34.9 Å². The Bertz CT molecular complexity index is 1400. The van der Waals surface area contributed by atoms with Crippen LogP contribution in [-0.4, -0.2) is 99.8 Å². The molecule has 11 nitrogen and oxygen atoms in total. The molecule has 1 fully saturated rings. The molecule has 6 atom stereocenters. The lowest BCUT2D eigenvalue weighted by atomic mass is 10.0. The second-order valence-electron chi connectivity index (χ2n) is 19.2. The van der Waals surface area contributed by atoms with E-state index in [9.17, 15) is 8.42 Å². The summed E-state index contributed by atoms with van der Waals surface area (Å²) in [7, 11) is -17.6. The van der Waals surface area contributed by atoms with Gasteiger partial charge in [-0.25, -0.2) is 4.28 Å². The average Bonchev–Trinajstić information content (AvgIpc) is 2.89. The maximum Gasteiger partial charge on any atom is 0.459 e. The van der Waals surface area contributed by atoms with Gasteiger partial charge in [-0.3, -0.25) is 3.87 Å². The summed E-state index contributed by atoms with van der Waals surface area (Å²) >= 11 is 1.28. The summed E-state index contributed by atoms with van der Waals surface area (Å²) in [6.45, 7) is 37.9. The van der Waals surface area contributed by atoms with E-state index in [1.807, 2.05) is 30.3 Å². The minimum atomic E-state index is -4.44. The minimum Gasteiger partial charge on any atom is -0.415 e. The highest BCUT2D eigenvalue weighted by Gasteiger charge is 2.52. The van der Waals surface area contributed by atoms with Crippen molar-refractivity contribution in [2.75, 3.05) is 6.61 Å². The van der Waals surface area contributed by atoms with Gasteiger partial charge in [0.15, 0.2) is 41.6 Å². The van der Waals surface area contributed by atoms with Crippen LogP contribution >= 0.6 is 11.8 Å². The van der Waals surface area contributed by atoms with Crippen LogP contribution in [0.25, 0.3) is 0 Å². The number of oxime groups is 1. The first kappa shape index (κ1) is 48.2. The Kier molecular flexibility index (Phi) is 17.1. The van der Waals surface area contributed by atoms with Crippen LogP contribution in [0.15, 0.2) is 35.5 Å². The number of ether oxygens (including phenoxy) is 1. The predicted molar refractivity (Wildman–Crippen MR) is 230 cm³/mol. The zero-order chi connectivity index (χ0) is 40.1. The van der Waals surface area contributed by atoms with Crippen LogP contribution < -0.4 is 0 Å². The number of hydrogen-bond donors (Lipinski definition) is 0. The Morgan fingerprint density at radius 2 is 1.19 bits per heavy atom. The highest BCUT2D eigenvalue weighted by Crippen LogP contribution is 2.40. The Morgan fingerprint density at radius 3 is 1.65 bits per heavy atom. The molecule has 302 valence electrons. The third-order valence-corrected chi connectivity index (χ3v) is 15.8. The van der Waals surface area contributed by atoms with E-state index in [0.717, 1.165) is 5.56 Å². The molecule has 0 aliphatic carbocycles. The molecule has 1 heterocycles. The van der Waals surface area contributed by atoms with E-state index in [4.69, 9.17) is 35.0 Å². The van der Waals surface area contributed by atoms with Gasteiger partial charge < -0.3 is 26.9 Å². The summed E-state index contributed by atoms with van der Waals surface area (Å²) in [5.74, 6) is 0. The first-order chi connectivity index (χ1) is 23.2. The molecule has 19 heteroatoms. The molecule has 0 N–H and O–H groups in total. The Balaban J connectivity index is 2.80. The van der Waals surface area contributed by atoms with Crippen molar-refractivity contribution in [1.82, 2.24) is 0 Å². The van der Waals surface area contributed by atoms with Crippen LogP contribution in [0.3, 0.4) is 0 Å². The van der Waals surface area contributed by atoms with Crippen LogP contribution in [0.1, 0.15) is 18.1 Å². The molecule has 0 saturated carbocycles. The van der Waals surface area contributed by atoms with E-state index in [1.165, 1.54) is 11.8 Å². The minimum absolute atomic E-state index is 0.228. The summed E-state index contributed by atoms with van der Waals surface area (Å²) in [6, 6.07) is 9.90. The first-order valence-electron chi connectivity index (χ1n) is 18.1. The van der Waals surface area contributed by atoms with Crippen LogP contribution in [0.4, 0.5) is 0 Å². The Hall–Kier alpha value is 0.0113. The third kappa shape index (κ3) is 19.7. The van der Waals surface area contributed by atoms with Crippen LogP contribution in [0, 0.1) is 0 Å². The van der Waals surface area contributed by atoms with Crippen molar-refractivity contribution >= 4 is 77.1 Å². The molecule has 6 unspecified atom stereocenters. The summed E-state index contributed by atoms with van der Waals surface area (Å²) < 4.78 is 78.0. The molecule has 0 aromatic heterocycles. The molecule has 2 rings (SSSR count). The monoisotopic (exact) mass is 871 g/mol. The molecule has 0 amide bonds. The van der Waals surface area contributed by atoms with Crippen LogP contribution in [0.2, 0.25) is 118 Å². The molecule has 0 bridgehead atoms. The quantitative estimate of drug-likeness (QED) is 0.0573. The van der Waals surface area contributed by atoms with Crippen molar-refractivity contribution in [2.45, 2.75) is 160 Å². The molecular formula is C33H69NO10S2Si6. The lowest BCUT2D eigenvalue weighted by molar-refractivity contribution is -0.188. The van der Waals surface area contributed by atoms with Gasteiger partial charge in [-0.1, -0.05) is 47.2 Å². The van der Waals surface area contributed by atoms with Crippen molar-refractivity contribution in [1.29, 1.82) is 0 Å². The molecule has 1 aliphatic rings. The van der Waals surface area contributed by atoms with Gasteiger partial charge in [0.2, 0.25) is 8.32 Å². The molecule has 0 spiro atoms. The summed E-state index contributed by atoms with van der Waals surface area (Å²) in [4.78, 5) is 0. The fourth-order valence-corrected chi connectivity index (χ4v) is 14.2. The van der Waals surface area contributed by atoms with E-state index < -0.39 is 96.3 Å². The standard InChI is InChI=1S/C33H69NO10S2Si6/c1-47(2,3)37-25-28-30(40-49(7,8)9)31(41-50(10,11)12)32(42-51(13,14)15)33(38-28)45-29(34-43-46(35,36)44-52(16,17)18)24-27(39-48(4,5)6)26-22-20-19-21-23-26/h19-23,27-28,30-33H,24-25H2,1-18H3. The SMILES string of the molecule is C[Si](C)(C)OCC1OC(SC(CC(O[Si](C)(C)C)c2ccccc2)=NOS(=O)(=O)O[Si](C)(C)C)C(O[Si](C)(C)C)C(O[Si](C)(C)C)C1O[Si](C)(C)C. The van der Waals surface area contributed by atoms with Crippen LogP contribution in [-0.2, 0) is 45.4 Å². The molecule has 1 saturated heterocycles. The Labute approximate surface area is 326 Å². The number of thioether (sulfide) groups is 1. The average molecular weight is 873 g/mol. The largest absolute Gasteiger partial charge is 0.459 e. The van der Waals surface area contributed by atoms with Crippen molar-refractivity contribution in [2.24, 2.45) is 5.16 Å². The van der Waals surface area contributed by atoms with Gasteiger partial charge in [-0.15, -0.1) is 0 Å². The van der Waals surface area contributed by atoms with Gasteiger partial charge in [-0.05, 0) is 123 Å². The van der Waals surface area contributed by atoms with E-state index in [-0.39, 0.29) is 6.42 Å². The van der Waals surface area contributed by atoms with Gasteiger partial charge in [-0.2, -0.15) is 8.42 Å². The maximum atomic E-state index is 13.1. The highest BCUT2D eigenvalue weighted by molar-refractivity contribution is 8.14. The van der Waals surface area contributed by atoms with E-state index in [0.29, 0.717) is 11.7 Å². The third-order valence-electron chi connectivity index (χ3n) is 6.60. The van der Waals surface area contributed by atoms with Gasteiger partial charge in [0.25, 0.3) is 0 Å². The summed E-state index contributed by atoms with van der Waals surface area (Å²) in [5.41, 5.74) is 0.278. The second-order valence-corrected chi connectivity index (χ2v) is 48.5. The van der Waals surface area contributed by atoms with E-state index in [2.05, 4.69) is 103 Å². The van der Waals surface area contributed by atoms with Crippen LogP contribution in [0.5, 0.6) is 0 Å². The van der Waals surface area contributed by atoms with Gasteiger partial charge in [0.05, 0.1) is 12.7 Å². The van der Waals surface area contributed by atoms with Gasteiger partial charge in [0, 0.05) is 6.42 Å². The normalized spacial score (nSPS) is 23.8. The van der Waals surface area contributed by atoms with E-state index >= 15 is 0 Å². The molecule has 1 aromatic rings. The fraction of sp³-hybridized carbons (Fsp3) is 0.788. The van der Waals surface area contributed by atoms with Crippen molar-refractivity contribution in [3.63, 3.8) is 0 Å². The topological polar surface area (TPSA) is 120 Å². The van der Waals surface area contributed by atoms with Crippen molar-refractivity contribution < 1.29 is 43.4 Å². The number of rotatable bonds is 19. The second kappa shape index (κ2) is 18.5. The number of benzene rings is 1. The smallest absolute Gasteiger partial charge is 0.415 e. The fourth-order valence-electron chi connectivity index (χ4n) is 5.20. The zero-order valence-corrected chi connectivity index (χ0v) is 42.7. The summed E-state index contributed by atoms with van der Waals surface area (Å²) in [5, 5.41) is 4.67. The summed E-state index contributed by atoms with van der Waals surface area (Å²) in [6.07, 6.45) is -2.17. The highest BCUT2D eigenvalue weighted by atomic mass is 32.3. The first-order valence-corrected chi connectivity index (χ1v) is 40.8. The molecule has 0 radical (unpaired) electrons. The Morgan fingerprint density at radius 1 is 0.692 bits per heavy atom. The molecular weight excluding hydrogens is 803 g/mol. The van der Waals surface area contributed by atoms with Crippen molar-refractivity contribution in [3.8, 4) is 0 Å². The number of nitrogens with zero attached hydrogens (tertiary/aromatic N) is 1. The zero-order valence-electron chi connectivity index (χ0n) is 35.1. The van der Waals surface area contributed by atoms with E-state index in [1.54, 1.807) is 19.6 Å². The predicted octanol–water partition coefficient (Wildman–Crippen LogP) is 9.37. The lowest BCUT2D eigenvalue weighted by Crippen LogP contribution is -2.65. The number of hydrogen-bond acceptors (Lipinski definition) is 12.